The molecule has 1 rings (SSSR count). The lowest BCUT2D eigenvalue weighted by Crippen LogP contribution is -2.52. The van der Waals surface area contributed by atoms with E-state index in [-0.39, 0.29) is 49.9 Å². The van der Waals surface area contributed by atoms with Gasteiger partial charge in [0.1, 0.15) is 6.04 Å². The molecule has 0 aromatic rings. The van der Waals surface area contributed by atoms with Crippen LogP contribution in [0.15, 0.2) is 12.2 Å². The van der Waals surface area contributed by atoms with Crippen LogP contribution >= 0.6 is 0 Å². The lowest BCUT2D eigenvalue weighted by molar-refractivity contribution is -0.141. The molecule has 194 valence electrons. The summed E-state index contributed by atoms with van der Waals surface area (Å²) in [5, 5.41) is 16.4. The smallest absolute Gasteiger partial charge is 0.312 e. The summed E-state index contributed by atoms with van der Waals surface area (Å²) in [7, 11) is 0. The number of carboxylic acids is 1. The van der Waals surface area contributed by atoms with E-state index >= 15 is 0 Å². The molecule has 2 atom stereocenters. The second-order valence-electron chi connectivity index (χ2n) is 8.00. The number of nitrogens with zero attached hydrogens (tertiary/aromatic N) is 1. The van der Waals surface area contributed by atoms with Gasteiger partial charge in [0.25, 0.3) is 11.8 Å². The predicted molar refractivity (Wildman–Crippen MR) is 123 cm³/mol. The number of hydrogen-bond acceptors (Lipinski definition) is 7. The van der Waals surface area contributed by atoms with Gasteiger partial charge < -0.3 is 26.8 Å². The van der Waals surface area contributed by atoms with Gasteiger partial charge in [-0.3, -0.25) is 33.7 Å². The number of carbonyl (C=O) groups is 7. The van der Waals surface area contributed by atoms with Crippen LogP contribution in [0.2, 0.25) is 0 Å². The van der Waals surface area contributed by atoms with E-state index in [9.17, 15) is 33.6 Å². The fraction of sp³-hybridized carbons (Fsp3) is 0.591. The Balaban J connectivity index is 2.53. The normalized spacial score (nSPS) is 14.4. The molecule has 0 spiro atoms. The molecule has 0 radical (unpaired) electrons. The van der Waals surface area contributed by atoms with Crippen molar-refractivity contribution in [3.8, 4) is 0 Å². The minimum absolute atomic E-state index is 0.0135. The topological polar surface area (TPSA) is 205 Å². The van der Waals surface area contributed by atoms with Crippen LogP contribution in [-0.4, -0.2) is 76.6 Å². The van der Waals surface area contributed by atoms with Gasteiger partial charge in [0, 0.05) is 38.1 Å². The number of amides is 6. The molecule has 0 aliphatic carbocycles. The van der Waals surface area contributed by atoms with Crippen molar-refractivity contribution < 1.29 is 38.7 Å². The first-order chi connectivity index (χ1) is 16.5. The van der Waals surface area contributed by atoms with Crippen LogP contribution in [-0.2, 0) is 28.8 Å². The van der Waals surface area contributed by atoms with E-state index in [0.717, 1.165) is 4.90 Å². The van der Waals surface area contributed by atoms with Crippen molar-refractivity contribution >= 4 is 41.4 Å². The molecule has 35 heavy (non-hydrogen) atoms. The maximum atomic E-state index is 12.7. The number of rotatable bonds is 17. The number of aliphatic carboxylic acids is 1. The lowest BCUT2D eigenvalue weighted by atomic mass is 10.0. The summed E-state index contributed by atoms with van der Waals surface area (Å²) in [5.74, 6) is -3.66. The second kappa shape index (κ2) is 15.2. The number of primary amides is 1. The number of nitrogens with two attached hydrogens (primary N) is 1. The zero-order chi connectivity index (χ0) is 26.4. The van der Waals surface area contributed by atoms with Gasteiger partial charge in [0.15, 0.2) is 5.78 Å². The number of Topliss-reactive ketones (excluding diaryl/α,β-unsaturated/α-hetero) is 1. The van der Waals surface area contributed by atoms with Crippen molar-refractivity contribution in [3.05, 3.63) is 12.2 Å². The van der Waals surface area contributed by atoms with E-state index in [0.29, 0.717) is 25.7 Å². The molecule has 13 nitrogen and oxygen atoms in total. The summed E-state index contributed by atoms with van der Waals surface area (Å²) in [4.78, 5) is 83.2. The van der Waals surface area contributed by atoms with Crippen molar-refractivity contribution in [1.82, 2.24) is 20.9 Å². The standard InChI is InChI=1S/C22H33N5O8/c1-2-16(28)14(7-6-11-24-22(23)35)26-21(34)15(13-20(32)33)25-17(29)8-4-3-5-12-27-18(30)9-10-19(27)31/h9-10,14-15H,2-8,11-13H2,1H3,(H,25,29)(H,26,34)(H,32,33)(H3,23,24,35)/t14-,15-/m0/s1. The molecule has 0 fully saturated rings. The quantitative estimate of drug-likeness (QED) is 0.129. The van der Waals surface area contributed by atoms with Gasteiger partial charge in [0.2, 0.25) is 11.8 Å². The molecule has 1 aliphatic heterocycles. The minimum Gasteiger partial charge on any atom is -0.481 e. The summed E-state index contributed by atoms with van der Waals surface area (Å²) >= 11 is 0. The molecule has 1 aliphatic rings. The largest absolute Gasteiger partial charge is 0.481 e. The Morgan fingerprint density at radius 2 is 1.63 bits per heavy atom. The van der Waals surface area contributed by atoms with Crippen LogP contribution in [0, 0.1) is 0 Å². The zero-order valence-electron chi connectivity index (χ0n) is 19.7. The van der Waals surface area contributed by atoms with Gasteiger partial charge in [-0.05, 0) is 25.7 Å². The fourth-order valence-corrected chi connectivity index (χ4v) is 3.38. The summed E-state index contributed by atoms with van der Waals surface area (Å²) < 4.78 is 0. The Kier molecular flexibility index (Phi) is 12.7. The summed E-state index contributed by atoms with van der Waals surface area (Å²) in [6, 6.07) is -2.99. The number of imide groups is 1. The van der Waals surface area contributed by atoms with E-state index < -0.39 is 42.3 Å². The van der Waals surface area contributed by atoms with E-state index in [1.807, 2.05) is 0 Å². The first-order valence-electron chi connectivity index (χ1n) is 11.5. The highest BCUT2D eigenvalue weighted by molar-refractivity contribution is 6.12. The molecule has 1 heterocycles. The third-order valence-corrected chi connectivity index (χ3v) is 5.24. The first-order valence-corrected chi connectivity index (χ1v) is 11.5. The highest BCUT2D eigenvalue weighted by Gasteiger charge is 2.28. The van der Waals surface area contributed by atoms with Gasteiger partial charge in [-0.25, -0.2) is 4.79 Å². The molecular weight excluding hydrogens is 462 g/mol. The average Bonchev–Trinajstić information content (AvgIpc) is 3.11. The van der Waals surface area contributed by atoms with Gasteiger partial charge in [-0.2, -0.15) is 0 Å². The van der Waals surface area contributed by atoms with Gasteiger partial charge in [-0.15, -0.1) is 0 Å². The first kappa shape index (κ1) is 29.3. The Morgan fingerprint density at radius 1 is 0.971 bits per heavy atom. The van der Waals surface area contributed by atoms with E-state index in [2.05, 4.69) is 16.0 Å². The molecule has 0 bridgehead atoms. The van der Waals surface area contributed by atoms with E-state index in [4.69, 9.17) is 10.8 Å². The lowest BCUT2D eigenvalue weighted by Gasteiger charge is -2.22. The highest BCUT2D eigenvalue weighted by atomic mass is 16.4. The fourth-order valence-electron chi connectivity index (χ4n) is 3.38. The van der Waals surface area contributed by atoms with Crippen LogP contribution < -0.4 is 21.7 Å². The zero-order valence-corrected chi connectivity index (χ0v) is 19.7. The molecule has 13 heteroatoms. The Morgan fingerprint density at radius 3 is 2.20 bits per heavy atom. The van der Waals surface area contributed by atoms with Crippen molar-refractivity contribution in [2.45, 2.75) is 70.4 Å². The number of ketones is 1. The number of unbranched alkanes of at least 4 members (excludes halogenated alkanes) is 2. The molecule has 6 amide bonds. The number of urea groups is 1. The van der Waals surface area contributed by atoms with E-state index in [1.54, 1.807) is 6.92 Å². The van der Waals surface area contributed by atoms with Crippen molar-refractivity contribution in [3.63, 3.8) is 0 Å². The Labute approximate surface area is 202 Å². The maximum absolute atomic E-state index is 12.7. The minimum atomic E-state index is -1.37. The van der Waals surface area contributed by atoms with Crippen LogP contribution in [0.25, 0.3) is 0 Å². The number of hydrogen-bond donors (Lipinski definition) is 5. The number of nitrogens with one attached hydrogen (secondary N) is 3. The molecule has 0 unspecified atom stereocenters. The molecule has 0 aromatic carbocycles. The SMILES string of the molecule is CCC(=O)[C@H](CCCNC(N)=O)NC(=O)[C@H](CC(=O)O)NC(=O)CCCCCN1C(=O)C=CC1=O. The third kappa shape index (κ3) is 11.3. The van der Waals surface area contributed by atoms with Crippen LogP contribution in [0.1, 0.15) is 58.3 Å². The van der Waals surface area contributed by atoms with Crippen LogP contribution in [0.5, 0.6) is 0 Å². The Hall–Kier alpha value is -3.77. The van der Waals surface area contributed by atoms with Crippen molar-refractivity contribution in [2.24, 2.45) is 5.73 Å². The Bertz CT molecular complexity index is 839. The highest BCUT2D eigenvalue weighted by Crippen LogP contribution is 2.08. The van der Waals surface area contributed by atoms with Crippen LogP contribution in [0.3, 0.4) is 0 Å². The van der Waals surface area contributed by atoms with Crippen LogP contribution in [0.4, 0.5) is 4.79 Å². The summed E-state index contributed by atoms with van der Waals surface area (Å²) in [5.41, 5.74) is 4.99. The predicted octanol–water partition coefficient (Wildman–Crippen LogP) is -0.656. The van der Waals surface area contributed by atoms with Gasteiger partial charge in [0.05, 0.1) is 12.5 Å². The van der Waals surface area contributed by atoms with Crippen molar-refractivity contribution in [1.29, 1.82) is 0 Å². The van der Waals surface area contributed by atoms with Crippen molar-refractivity contribution in [2.75, 3.05) is 13.1 Å². The van der Waals surface area contributed by atoms with Gasteiger partial charge >= 0.3 is 12.0 Å². The molecule has 0 saturated heterocycles. The average molecular weight is 496 g/mol. The summed E-state index contributed by atoms with van der Waals surface area (Å²) in [6.45, 7) is 2.05. The third-order valence-electron chi connectivity index (χ3n) is 5.24. The number of carbonyl (C=O) groups excluding carboxylic acids is 6. The van der Waals surface area contributed by atoms with E-state index in [1.165, 1.54) is 12.2 Å². The molecule has 6 N–H and O–H groups in total. The molecular formula is C22H33N5O8. The molecule has 0 saturated carbocycles. The summed E-state index contributed by atoms with van der Waals surface area (Å²) in [6.07, 6.45) is 3.85. The maximum Gasteiger partial charge on any atom is 0.312 e. The second-order valence-corrected chi connectivity index (χ2v) is 8.00. The molecule has 0 aromatic heterocycles. The van der Waals surface area contributed by atoms with Gasteiger partial charge in [-0.1, -0.05) is 13.3 Å². The number of carboxylic acid groups (broad SMARTS) is 1. The monoisotopic (exact) mass is 495 g/mol.